The number of rotatable bonds is 6. The summed E-state index contributed by atoms with van der Waals surface area (Å²) in [6.07, 6.45) is 1.65. The molecule has 1 aromatic heterocycles. The minimum Gasteiger partial charge on any atom is -0.479 e. The molecule has 1 atom stereocenters. The van der Waals surface area contributed by atoms with Crippen molar-refractivity contribution in [3.63, 3.8) is 0 Å². The average molecular weight is 364 g/mol. The van der Waals surface area contributed by atoms with Gasteiger partial charge in [-0.15, -0.1) is 0 Å². The smallest absolute Gasteiger partial charge is 0.334 e. The number of aromatic nitrogens is 2. The first-order valence-corrected chi connectivity index (χ1v) is 8.46. The van der Waals surface area contributed by atoms with Gasteiger partial charge < -0.3 is 10.4 Å². The molecule has 0 spiro atoms. The van der Waals surface area contributed by atoms with Gasteiger partial charge in [0.2, 0.25) is 0 Å². The number of hydrogen-bond donors (Lipinski definition) is 2. The molecule has 0 fully saturated rings. The fourth-order valence-electron chi connectivity index (χ4n) is 2.86. The number of aliphatic carboxylic acids is 1. The molecule has 0 aliphatic heterocycles. The Bertz CT molecular complexity index is 783. The quantitative estimate of drug-likeness (QED) is 0.822. The Labute approximate surface area is 151 Å². The maximum Gasteiger partial charge on any atom is 0.334 e. The lowest BCUT2D eigenvalue weighted by Crippen LogP contribution is -2.51. The topological polar surface area (TPSA) is 84.2 Å². The molecule has 25 heavy (non-hydrogen) atoms. The van der Waals surface area contributed by atoms with Crippen molar-refractivity contribution in [3.05, 3.63) is 52.3 Å². The van der Waals surface area contributed by atoms with Gasteiger partial charge in [0.1, 0.15) is 0 Å². The van der Waals surface area contributed by atoms with Crippen LogP contribution in [0.25, 0.3) is 0 Å². The first-order valence-electron chi connectivity index (χ1n) is 8.09. The second-order valence-electron chi connectivity index (χ2n) is 6.21. The molecule has 0 bridgehead atoms. The van der Waals surface area contributed by atoms with E-state index in [1.807, 2.05) is 13.8 Å². The average Bonchev–Trinajstić information content (AvgIpc) is 2.95. The lowest BCUT2D eigenvalue weighted by Gasteiger charge is -2.30. The zero-order valence-electron chi connectivity index (χ0n) is 14.7. The molecular weight excluding hydrogens is 342 g/mol. The summed E-state index contributed by atoms with van der Waals surface area (Å²) in [6, 6.07) is 6.56. The summed E-state index contributed by atoms with van der Waals surface area (Å²) in [5.74, 6) is -1.59. The van der Waals surface area contributed by atoms with E-state index in [2.05, 4.69) is 10.4 Å². The molecule has 1 amide bonds. The van der Waals surface area contributed by atoms with Crippen LogP contribution in [0.2, 0.25) is 5.02 Å². The molecule has 6 nitrogen and oxygen atoms in total. The predicted molar refractivity (Wildman–Crippen MR) is 95.9 cm³/mol. The third kappa shape index (κ3) is 3.54. The monoisotopic (exact) mass is 363 g/mol. The number of nitrogens with zero attached hydrogens (tertiary/aromatic N) is 2. The molecule has 7 heteroatoms. The summed E-state index contributed by atoms with van der Waals surface area (Å²) in [7, 11) is 0. The van der Waals surface area contributed by atoms with Crippen molar-refractivity contribution in [1.29, 1.82) is 0 Å². The van der Waals surface area contributed by atoms with Crippen LogP contribution in [-0.4, -0.2) is 26.8 Å². The molecule has 1 unspecified atom stereocenters. The van der Waals surface area contributed by atoms with Crippen LogP contribution in [0, 0.1) is 6.92 Å². The Morgan fingerprint density at radius 3 is 2.36 bits per heavy atom. The molecule has 0 saturated heterocycles. The van der Waals surface area contributed by atoms with Crippen LogP contribution >= 0.6 is 11.6 Å². The molecule has 1 aromatic carbocycles. The standard InChI is InChI=1S/C18H22ClN3O3/c1-5-18(17(24)25,13-6-8-14(19)9-7-13)21-16(23)15-10-20-22(11(2)3)12(15)4/h6-11H,5H2,1-4H3,(H,21,23)(H,24,25). The molecule has 0 radical (unpaired) electrons. The zero-order valence-corrected chi connectivity index (χ0v) is 15.5. The summed E-state index contributed by atoms with van der Waals surface area (Å²) >= 11 is 5.89. The van der Waals surface area contributed by atoms with Crippen LogP contribution in [0.3, 0.4) is 0 Å². The van der Waals surface area contributed by atoms with Gasteiger partial charge in [-0.25, -0.2) is 4.79 Å². The van der Waals surface area contributed by atoms with E-state index < -0.39 is 17.4 Å². The van der Waals surface area contributed by atoms with Gasteiger partial charge in [0.15, 0.2) is 5.54 Å². The van der Waals surface area contributed by atoms with Gasteiger partial charge in [0.05, 0.1) is 11.8 Å². The SMILES string of the molecule is CCC(NC(=O)c1cnn(C(C)C)c1C)(C(=O)O)c1ccc(Cl)cc1. The van der Waals surface area contributed by atoms with Crippen molar-refractivity contribution >= 4 is 23.5 Å². The number of carboxylic acid groups (broad SMARTS) is 1. The second kappa shape index (κ2) is 7.27. The van der Waals surface area contributed by atoms with E-state index in [9.17, 15) is 14.7 Å². The maximum atomic E-state index is 12.8. The van der Waals surface area contributed by atoms with E-state index in [1.165, 1.54) is 6.20 Å². The zero-order chi connectivity index (χ0) is 18.8. The van der Waals surface area contributed by atoms with Gasteiger partial charge in [-0.2, -0.15) is 5.10 Å². The highest BCUT2D eigenvalue weighted by atomic mass is 35.5. The molecule has 0 aliphatic rings. The number of benzene rings is 1. The van der Waals surface area contributed by atoms with Gasteiger partial charge in [-0.1, -0.05) is 30.7 Å². The first kappa shape index (κ1) is 19.0. The summed E-state index contributed by atoms with van der Waals surface area (Å²) in [5.41, 5.74) is -0.0106. The van der Waals surface area contributed by atoms with Gasteiger partial charge in [0, 0.05) is 16.8 Å². The van der Waals surface area contributed by atoms with Crippen molar-refractivity contribution in [2.24, 2.45) is 0 Å². The summed E-state index contributed by atoms with van der Waals surface area (Å²) < 4.78 is 1.73. The summed E-state index contributed by atoms with van der Waals surface area (Å²) in [4.78, 5) is 24.8. The molecule has 0 saturated carbocycles. The highest BCUT2D eigenvalue weighted by molar-refractivity contribution is 6.30. The molecule has 2 N–H and O–H groups in total. The first-order chi connectivity index (χ1) is 11.7. The third-order valence-electron chi connectivity index (χ3n) is 4.34. The Morgan fingerprint density at radius 2 is 1.92 bits per heavy atom. The Morgan fingerprint density at radius 1 is 1.32 bits per heavy atom. The minimum atomic E-state index is -1.53. The van der Waals surface area contributed by atoms with E-state index in [0.717, 1.165) is 0 Å². The second-order valence-corrected chi connectivity index (χ2v) is 6.64. The lowest BCUT2D eigenvalue weighted by atomic mass is 9.87. The number of carbonyl (C=O) groups is 2. The van der Waals surface area contributed by atoms with E-state index in [1.54, 1.807) is 42.8 Å². The van der Waals surface area contributed by atoms with Crippen molar-refractivity contribution in [2.75, 3.05) is 0 Å². The van der Waals surface area contributed by atoms with Crippen molar-refractivity contribution in [3.8, 4) is 0 Å². The predicted octanol–water partition coefficient (Wildman–Crippen LogP) is 3.55. The van der Waals surface area contributed by atoms with Gasteiger partial charge in [-0.3, -0.25) is 9.48 Å². The number of carbonyl (C=O) groups excluding carboxylic acids is 1. The number of amides is 1. The number of nitrogens with one attached hydrogen (secondary N) is 1. The van der Waals surface area contributed by atoms with Crippen molar-refractivity contribution < 1.29 is 14.7 Å². The maximum absolute atomic E-state index is 12.8. The lowest BCUT2D eigenvalue weighted by molar-refractivity contribution is -0.145. The Balaban J connectivity index is 2.42. The largest absolute Gasteiger partial charge is 0.479 e. The highest BCUT2D eigenvalue weighted by Gasteiger charge is 2.41. The number of carboxylic acids is 1. The van der Waals surface area contributed by atoms with E-state index in [0.29, 0.717) is 21.8 Å². The number of hydrogen-bond acceptors (Lipinski definition) is 3. The Kier molecular flexibility index (Phi) is 5.52. The van der Waals surface area contributed by atoms with E-state index in [4.69, 9.17) is 11.6 Å². The van der Waals surface area contributed by atoms with Crippen LogP contribution in [-0.2, 0) is 10.3 Å². The van der Waals surface area contributed by atoms with Crippen molar-refractivity contribution in [1.82, 2.24) is 15.1 Å². The molecule has 2 aromatic rings. The highest BCUT2D eigenvalue weighted by Crippen LogP contribution is 2.28. The molecular formula is C18H22ClN3O3. The Hall–Kier alpha value is -2.34. The molecule has 0 aliphatic carbocycles. The van der Waals surface area contributed by atoms with Crippen LogP contribution in [0.15, 0.2) is 30.5 Å². The van der Waals surface area contributed by atoms with Gasteiger partial charge in [-0.05, 0) is 44.9 Å². The molecule has 2 rings (SSSR count). The molecule has 1 heterocycles. The fourth-order valence-corrected chi connectivity index (χ4v) is 2.98. The van der Waals surface area contributed by atoms with Crippen LogP contribution < -0.4 is 5.32 Å². The van der Waals surface area contributed by atoms with E-state index >= 15 is 0 Å². The normalized spacial score (nSPS) is 13.5. The fraction of sp³-hybridized carbons (Fsp3) is 0.389. The summed E-state index contributed by atoms with van der Waals surface area (Å²) in [5, 5.41) is 17.2. The molecule has 134 valence electrons. The van der Waals surface area contributed by atoms with Crippen LogP contribution in [0.4, 0.5) is 0 Å². The number of halogens is 1. The van der Waals surface area contributed by atoms with E-state index in [-0.39, 0.29) is 12.5 Å². The summed E-state index contributed by atoms with van der Waals surface area (Å²) in [6.45, 7) is 7.43. The third-order valence-corrected chi connectivity index (χ3v) is 4.59. The van der Waals surface area contributed by atoms with Crippen LogP contribution in [0.5, 0.6) is 0 Å². The minimum absolute atomic E-state index is 0.105. The van der Waals surface area contributed by atoms with Gasteiger partial charge in [0.25, 0.3) is 5.91 Å². The van der Waals surface area contributed by atoms with Gasteiger partial charge >= 0.3 is 5.97 Å². The van der Waals surface area contributed by atoms with Crippen LogP contribution in [0.1, 0.15) is 54.8 Å². The van der Waals surface area contributed by atoms with Crippen molar-refractivity contribution in [2.45, 2.75) is 45.7 Å².